The molecular weight excluding hydrogens is 380 g/mol. The van der Waals surface area contributed by atoms with Gasteiger partial charge in [-0.3, -0.25) is 4.79 Å². The van der Waals surface area contributed by atoms with Gasteiger partial charge in [0.15, 0.2) is 9.84 Å². The van der Waals surface area contributed by atoms with E-state index in [0.29, 0.717) is 25.5 Å². The van der Waals surface area contributed by atoms with Crippen molar-refractivity contribution >= 4 is 21.7 Å². The van der Waals surface area contributed by atoms with E-state index in [9.17, 15) is 22.0 Å². The Morgan fingerprint density at radius 2 is 2.15 bits per heavy atom. The van der Waals surface area contributed by atoms with Crippen molar-refractivity contribution in [2.24, 2.45) is 11.8 Å². The maximum Gasteiger partial charge on any atom is 0.260 e. The van der Waals surface area contributed by atoms with Crippen molar-refractivity contribution in [2.75, 3.05) is 29.9 Å². The molecule has 2 saturated heterocycles. The molecule has 1 amide bonds. The Kier molecular flexibility index (Phi) is 4.81. The van der Waals surface area contributed by atoms with Gasteiger partial charge in [-0.15, -0.1) is 0 Å². The molecule has 0 aromatic carbocycles. The standard InChI is InChI=1S/C16H23F2N5O3S/c17-14(18)13-6-12(21-16-19-9-20-23(13)16)10-2-1-4-22(7-10)15(24)11-3-5-27(25,26)8-11/h9-14H,1-8H2,(H,19,20,21)/t10?,11?,12-,13+/m0/s1. The summed E-state index contributed by atoms with van der Waals surface area (Å²) in [6.07, 6.45) is 0.922. The number of alkyl halides is 2. The van der Waals surface area contributed by atoms with E-state index >= 15 is 0 Å². The number of aromatic nitrogens is 3. The molecular formula is C16H23F2N5O3S. The molecule has 1 N–H and O–H groups in total. The number of hydrogen-bond acceptors (Lipinski definition) is 6. The number of nitrogens with zero attached hydrogens (tertiary/aromatic N) is 4. The molecule has 0 bridgehead atoms. The van der Waals surface area contributed by atoms with Crippen molar-refractivity contribution in [3.05, 3.63) is 6.33 Å². The normalized spacial score (nSPS) is 32.9. The summed E-state index contributed by atoms with van der Waals surface area (Å²) in [5, 5.41) is 7.09. The highest BCUT2D eigenvalue weighted by Crippen LogP contribution is 2.35. The lowest BCUT2D eigenvalue weighted by Crippen LogP contribution is -2.49. The van der Waals surface area contributed by atoms with E-state index in [1.807, 2.05) is 0 Å². The molecule has 3 aliphatic heterocycles. The van der Waals surface area contributed by atoms with Gasteiger partial charge in [0.25, 0.3) is 6.43 Å². The molecule has 0 radical (unpaired) electrons. The summed E-state index contributed by atoms with van der Waals surface area (Å²) in [6, 6.07) is -1.25. The van der Waals surface area contributed by atoms with Crippen molar-refractivity contribution < 1.29 is 22.0 Å². The number of fused-ring (bicyclic) bond motifs is 1. The van der Waals surface area contributed by atoms with Gasteiger partial charge in [-0.25, -0.2) is 21.9 Å². The lowest BCUT2D eigenvalue weighted by Gasteiger charge is -2.41. The van der Waals surface area contributed by atoms with Gasteiger partial charge < -0.3 is 10.2 Å². The number of piperidine rings is 1. The summed E-state index contributed by atoms with van der Waals surface area (Å²) in [5.41, 5.74) is 0. The fourth-order valence-electron chi connectivity index (χ4n) is 4.49. The van der Waals surface area contributed by atoms with Crippen LogP contribution < -0.4 is 5.32 Å². The third-order valence-corrected chi connectivity index (χ3v) is 7.68. The summed E-state index contributed by atoms with van der Waals surface area (Å²) >= 11 is 0. The van der Waals surface area contributed by atoms with Crippen molar-refractivity contribution in [1.29, 1.82) is 0 Å². The first-order valence-corrected chi connectivity index (χ1v) is 11.1. The molecule has 1 aromatic rings. The van der Waals surface area contributed by atoms with Crippen LogP contribution >= 0.6 is 0 Å². The van der Waals surface area contributed by atoms with Gasteiger partial charge in [0, 0.05) is 19.1 Å². The van der Waals surface area contributed by atoms with Crippen LogP contribution in [0.5, 0.6) is 0 Å². The Labute approximate surface area is 156 Å². The van der Waals surface area contributed by atoms with Crippen LogP contribution in [0.15, 0.2) is 6.33 Å². The molecule has 0 saturated carbocycles. The lowest BCUT2D eigenvalue weighted by atomic mass is 9.85. The van der Waals surface area contributed by atoms with Crippen LogP contribution in [0.4, 0.5) is 14.7 Å². The average Bonchev–Trinajstić information content (AvgIpc) is 3.26. The third-order valence-electron chi connectivity index (χ3n) is 5.91. The second kappa shape index (κ2) is 6.99. The van der Waals surface area contributed by atoms with E-state index in [0.717, 1.165) is 12.8 Å². The fourth-order valence-corrected chi connectivity index (χ4v) is 6.22. The second-order valence-electron chi connectivity index (χ2n) is 7.70. The molecule has 3 aliphatic rings. The van der Waals surface area contributed by atoms with Crippen LogP contribution in [0.3, 0.4) is 0 Å². The van der Waals surface area contributed by atoms with Gasteiger partial charge in [0.1, 0.15) is 12.4 Å². The molecule has 4 atom stereocenters. The number of anilines is 1. The molecule has 2 fully saturated rings. The monoisotopic (exact) mass is 403 g/mol. The summed E-state index contributed by atoms with van der Waals surface area (Å²) in [7, 11) is -3.12. The molecule has 27 heavy (non-hydrogen) atoms. The minimum atomic E-state index is -3.12. The van der Waals surface area contributed by atoms with Crippen LogP contribution in [0, 0.1) is 11.8 Å². The molecule has 150 valence electrons. The molecule has 1 aromatic heterocycles. The highest BCUT2D eigenvalue weighted by Gasteiger charge is 2.41. The molecule has 8 nitrogen and oxygen atoms in total. The van der Waals surface area contributed by atoms with Crippen LogP contribution in [-0.4, -0.2) is 71.1 Å². The van der Waals surface area contributed by atoms with Crippen LogP contribution in [0.1, 0.15) is 31.7 Å². The summed E-state index contributed by atoms with van der Waals surface area (Å²) in [4.78, 5) is 18.5. The van der Waals surface area contributed by atoms with Crippen LogP contribution in [-0.2, 0) is 14.6 Å². The van der Waals surface area contributed by atoms with Crippen LogP contribution in [0.2, 0.25) is 0 Å². The van der Waals surface area contributed by atoms with E-state index in [1.54, 1.807) is 4.90 Å². The zero-order chi connectivity index (χ0) is 19.2. The number of carbonyl (C=O) groups excluding carboxylic acids is 1. The first-order chi connectivity index (χ1) is 12.8. The maximum absolute atomic E-state index is 13.5. The number of carbonyl (C=O) groups is 1. The predicted molar refractivity (Wildman–Crippen MR) is 93.2 cm³/mol. The quantitative estimate of drug-likeness (QED) is 0.807. The third kappa shape index (κ3) is 3.65. The SMILES string of the molecule is O=C(C1CCS(=O)(=O)C1)N1CCCC([C@@H]2C[C@H](C(F)F)n3ncnc3N2)C1. The smallest absolute Gasteiger partial charge is 0.260 e. The molecule has 4 heterocycles. The summed E-state index contributed by atoms with van der Waals surface area (Å²) in [5.74, 6) is -0.244. The van der Waals surface area contributed by atoms with E-state index < -0.39 is 28.2 Å². The Hall–Kier alpha value is -1.78. The number of nitrogens with one attached hydrogen (secondary N) is 1. The first kappa shape index (κ1) is 18.6. The van der Waals surface area contributed by atoms with Crippen molar-refractivity contribution in [3.8, 4) is 0 Å². The minimum absolute atomic E-state index is 0.0208. The summed E-state index contributed by atoms with van der Waals surface area (Å²) in [6.45, 7) is 1.05. The van der Waals surface area contributed by atoms with Crippen molar-refractivity contribution in [2.45, 2.75) is 44.2 Å². The highest BCUT2D eigenvalue weighted by atomic mass is 32.2. The van der Waals surface area contributed by atoms with Gasteiger partial charge >= 0.3 is 0 Å². The molecule has 11 heteroatoms. The minimum Gasteiger partial charge on any atom is -0.351 e. The van der Waals surface area contributed by atoms with Gasteiger partial charge in [-0.1, -0.05) is 0 Å². The number of likely N-dealkylation sites (tertiary alicyclic amines) is 1. The van der Waals surface area contributed by atoms with Gasteiger partial charge in [0.2, 0.25) is 11.9 Å². The highest BCUT2D eigenvalue weighted by molar-refractivity contribution is 7.91. The largest absolute Gasteiger partial charge is 0.351 e. The van der Waals surface area contributed by atoms with E-state index in [4.69, 9.17) is 0 Å². The van der Waals surface area contributed by atoms with E-state index in [2.05, 4.69) is 15.4 Å². The Morgan fingerprint density at radius 3 is 2.85 bits per heavy atom. The summed E-state index contributed by atoms with van der Waals surface area (Å²) < 4.78 is 51.5. The Morgan fingerprint density at radius 1 is 1.33 bits per heavy atom. The lowest BCUT2D eigenvalue weighted by molar-refractivity contribution is -0.136. The first-order valence-electron chi connectivity index (χ1n) is 9.27. The number of halogens is 2. The van der Waals surface area contributed by atoms with Gasteiger partial charge in [-0.2, -0.15) is 10.1 Å². The predicted octanol–water partition coefficient (Wildman–Crippen LogP) is 0.942. The van der Waals surface area contributed by atoms with Gasteiger partial charge in [-0.05, 0) is 31.6 Å². The topological polar surface area (TPSA) is 97.2 Å². The average molecular weight is 403 g/mol. The maximum atomic E-state index is 13.5. The van der Waals surface area contributed by atoms with Crippen molar-refractivity contribution in [1.82, 2.24) is 19.7 Å². The number of rotatable bonds is 3. The number of amides is 1. The number of sulfone groups is 1. The van der Waals surface area contributed by atoms with E-state index in [-0.39, 0.29) is 35.8 Å². The second-order valence-corrected chi connectivity index (χ2v) is 9.93. The van der Waals surface area contributed by atoms with Gasteiger partial charge in [0.05, 0.1) is 17.4 Å². The molecule has 0 spiro atoms. The van der Waals surface area contributed by atoms with E-state index in [1.165, 1.54) is 11.0 Å². The zero-order valence-electron chi connectivity index (χ0n) is 14.8. The number of hydrogen-bond donors (Lipinski definition) is 1. The molecule has 4 rings (SSSR count). The van der Waals surface area contributed by atoms with Crippen LogP contribution in [0.25, 0.3) is 0 Å². The Bertz CT molecular complexity index is 815. The Balaban J connectivity index is 1.45. The molecule has 2 unspecified atom stereocenters. The zero-order valence-corrected chi connectivity index (χ0v) is 15.6. The fraction of sp³-hybridized carbons (Fsp3) is 0.812. The molecule has 0 aliphatic carbocycles. The van der Waals surface area contributed by atoms with Crippen molar-refractivity contribution in [3.63, 3.8) is 0 Å².